The van der Waals surface area contributed by atoms with E-state index in [1.165, 1.54) is 5.01 Å². The molecule has 1 aliphatic heterocycles. The zero-order valence-corrected chi connectivity index (χ0v) is 14.5. The number of thiophene rings is 1. The number of nitriles is 1. The lowest BCUT2D eigenvalue weighted by Crippen LogP contribution is -2.33. The van der Waals surface area contributed by atoms with E-state index in [2.05, 4.69) is 31.7 Å². The van der Waals surface area contributed by atoms with Crippen LogP contribution in [0.1, 0.15) is 10.6 Å². The van der Waals surface area contributed by atoms with E-state index in [4.69, 9.17) is 16.8 Å². The van der Waals surface area contributed by atoms with Gasteiger partial charge in [0.15, 0.2) is 0 Å². The van der Waals surface area contributed by atoms with Gasteiger partial charge in [-0.25, -0.2) is 21.2 Å². The second-order valence-corrected chi connectivity index (χ2v) is 6.96. The molecule has 0 saturated heterocycles. The Bertz CT molecular complexity index is 985. The Balaban J connectivity index is 1.56. The maximum atomic E-state index is 8.79. The zero-order chi connectivity index (χ0) is 18.1. The smallest absolute Gasteiger partial charge is 0.301 e. The number of aromatic amines is 2. The summed E-state index contributed by atoms with van der Waals surface area (Å²) in [6, 6.07) is 4.11. The van der Waals surface area contributed by atoms with Crippen molar-refractivity contribution < 1.29 is 4.98 Å². The van der Waals surface area contributed by atoms with E-state index in [-0.39, 0.29) is 6.54 Å². The summed E-state index contributed by atoms with van der Waals surface area (Å²) in [5.41, 5.74) is 11.8. The maximum Gasteiger partial charge on any atom is 0.315 e. The second kappa shape index (κ2) is 6.60. The molecule has 0 bridgehead atoms. The first kappa shape index (κ1) is 16.3. The minimum atomic E-state index is 0.262. The maximum absolute atomic E-state index is 8.79. The van der Waals surface area contributed by atoms with Crippen molar-refractivity contribution in [1.29, 1.82) is 5.26 Å². The topological polar surface area (TPSA) is 150 Å². The first-order valence-electron chi connectivity index (χ1n) is 7.84. The van der Waals surface area contributed by atoms with E-state index in [1.807, 2.05) is 12.3 Å². The number of hydrogen-bond donors (Lipinski definition) is 4. The summed E-state index contributed by atoms with van der Waals surface area (Å²) >= 11 is 1.62. The van der Waals surface area contributed by atoms with Crippen LogP contribution in [-0.2, 0) is 6.54 Å². The number of hydrazine groups is 2. The normalized spacial score (nSPS) is 13.8. The highest BCUT2D eigenvalue weighted by Gasteiger charge is 2.20. The Morgan fingerprint density at radius 3 is 3.19 bits per heavy atom. The number of nitrogens with one attached hydrogen (secondary N) is 3. The third-order valence-electron chi connectivity index (χ3n) is 3.96. The van der Waals surface area contributed by atoms with Gasteiger partial charge in [0.25, 0.3) is 0 Å². The van der Waals surface area contributed by atoms with Crippen LogP contribution in [0.3, 0.4) is 0 Å². The molecule has 132 valence electrons. The monoisotopic (exact) mass is 369 g/mol. The Labute approximate surface area is 152 Å². The summed E-state index contributed by atoms with van der Waals surface area (Å²) < 4.78 is 1.08. The highest BCUT2D eigenvalue weighted by molar-refractivity contribution is 7.19. The molecular weight excluding hydrogens is 352 g/mol. The number of H-pyrrole nitrogens is 2. The van der Waals surface area contributed by atoms with Crippen LogP contribution in [0.15, 0.2) is 24.7 Å². The van der Waals surface area contributed by atoms with Crippen LogP contribution >= 0.6 is 11.3 Å². The van der Waals surface area contributed by atoms with E-state index in [9.17, 15) is 0 Å². The van der Waals surface area contributed by atoms with Gasteiger partial charge < -0.3 is 5.01 Å². The Morgan fingerprint density at radius 2 is 2.38 bits per heavy atom. The van der Waals surface area contributed by atoms with Gasteiger partial charge in [-0.3, -0.25) is 15.8 Å². The molecule has 4 heterocycles. The van der Waals surface area contributed by atoms with Gasteiger partial charge in [0, 0.05) is 23.2 Å². The van der Waals surface area contributed by atoms with Crippen LogP contribution in [0.5, 0.6) is 0 Å². The van der Waals surface area contributed by atoms with Gasteiger partial charge in [-0.05, 0) is 6.07 Å². The van der Waals surface area contributed by atoms with Crippen LogP contribution in [-0.4, -0.2) is 33.3 Å². The fourth-order valence-electron chi connectivity index (χ4n) is 2.72. The minimum Gasteiger partial charge on any atom is -0.301 e. The Hall–Kier alpha value is -3.20. The van der Waals surface area contributed by atoms with Crippen molar-refractivity contribution in [3.05, 3.63) is 35.2 Å². The first-order chi connectivity index (χ1) is 12.6. The molecule has 11 heteroatoms. The van der Waals surface area contributed by atoms with Crippen molar-refractivity contribution in [3.63, 3.8) is 0 Å². The predicted molar refractivity (Wildman–Crippen MR) is 97.8 cm³/mol. The van der Waals surface area contributed by atoms with Crippen molar-refractivity contribution in [1.82, 2.24) is 25.6 Å². The summed E-state index contributed by atoms with van der Waals surface area (Å²) in [5, 5.41) is 19.0. The summed E-state index contributed by atoms with van der Waals surface area (Å²) in [6.45, 7) is 1.32. The molecule has 3 aromatic rings. The molecule has 0 spiro atoms. The van der Waals surface area contributed by atoms with E-state index in [0.717, 1.165) is 26.4 Å². The highest BCUT2D eigenvalue weighted by atomic mass is 32.1. The molecule has 10 nitrogen and oxygen atoms in total. The lowest BCUT2D eigenvalue weighted by Gasteiger charge is -2.16. The molecule has 26 heavy (non-hydrogen) atoms. The van der Waals surface area contributed by atoms with Crippen molar-refractivity contribution in [2.24, 2.45) is 5.84 Å². The number of fused-ring (bicyclic) bond motifs is 1. The summed E-state index contributed by atoms with van der Waals surface area (Å²) in [5.74, 6) is 7.08. The van der Waals surface area contributed by atoms with Crippen molar-refractivity contribution >= 4 is 38.8 Å². The average molecular weight is 369 g/mol. The molecule has 3 aromatic heterocycles. The van der Waals surface area contributed by atoms with E-state index < -0.39 is 0 Å². The molecule has 0 aliphatic carbocycles. The summed E-state index contributed by atoms with van der Waals surface area (Å²) in [7, 11) is 0. The molecule has 0 amide bonds. The van der Waals surface area contributed by atoms with Gasteiger partial charge in [0.1, 0.15) is 18.4 Å². The molecule has 0 unspecified atom stereocenters. The van der Waals surface area contributed by atoms with Gasteiger partial charge in [0.05, 0.1) is 29.0 Å². The molecule has 1 aliphatic rings. The molecule has 0 fully saturated rings. The number of anilines is 2. The minimum absolute atomic E-state index is 0.262. The number of nitrogens with two attached hydrogens (primary N) is 2. The van der Waals surface area contributed by atoms with Crippen LogP contribution in [0.4, 0.5) is 11.6 Å². The number of nitrogens with zero attached hydrogens (tertiary/aromatic N) is 5. The fourth-order valence-corrected chi connectivity index (χ4v) is 3.71. The zero-order valence-electron chi connectivity index (χ0n) is 13.7. The highest BCUT2D eigenvalue weighted by Crippen LogP contribution is 2.26. The van der Waals surface area contributed by atoms with Crippen molar-refractivity contribution in [2.75, 3.05) is 23.8 Å². The SMILES string of the molecule is N#CCN1C=C(c2c[nH+]c(N)c(N(N)Cc3cc4[nH]ncc4s3)n2)CN1. The van der Waals surface area contributed by atoms with Gasteiger partial charge in [-0.15, -0.1) is 11.3 Å². The van der Waals surface area contributed by atoms with E-state index in [0.29, 0.717) is 24.7 Å². The van der Waals surface area contributed by atoms with Crippen LogP contribution < -0.4 is 27.0 Å². The lowest BCUT2D eigenvalue weighted by molar-refractivity contribution is -0.360. The molecule has 0 saturated carbocycles. The van der Waals surface area contributed by atoms with Crippen molar-refractivity contribution in [2.45, 2.75) is 6.54 Å². The average Bonchev–Trinajstić information content (AvgIpc) is 3.32. The predicted octanol–water partition coefficient (Wildman–Crippen LogP) is -0.0193. The van der Waals surface area contributed by atoms with Gasteiger partial charge in [0.2, 0.25) is 5.82 Å². The van der Waals surface area contributed by atoms with Crippen LogP contribution in [0.2, 0.25) is 0 Å². The van der Waals surface area contributed by atoms with Gasteiger partial charge in [-0.2, -0.15) is 10.4 Å². The van der Waals surface area contributed by atoms with Gasteiger partial charge >= 0.3 is 5.82 Å². The van der Waals surface area contributed by atoms with E-state index >= 15 is 0 Å². The number of nitrogen functional groups attached to an aromatic ring is 1. The van der Waals surface area contributed by atoms with Crippen LogP contribution in [0.25, 0.3) is 15.8 Å². The first-order valence-corrected chi connectivity index (χ1v) is 8.66. The molecule has 0 atom stereocenters. The molecule has 0 aromatic carbocycles. The lowest BCUT2D eigenvalue weighted by atomic mass is 10.2. The number of hydrogen-bond acceptors (Lipinski definition) is 9. The second-order valence-electron chi connectivity index (χ2n) is 5.79. The quantitative estimate of drug-likeness (QED) is 0.278. The molecule has 4 rings (SSSR count). The summed E-state index contributed by atoms with van der Waals surface area (Å²) in [4.78, 5) is 8.68. The van der Waals surface area contributed by atoms with E-state index in [1.54, 1.807) is 28.7 Å². The third-order valence-corrected chi connectivity index (χ3v) is 5.02. The fraction of sp³-hybridized carbons (Fsp3) is 0.200. The molecule has 7 N–H and O–H groups in total. The molecule has 0 radical (unpaired) electrons. The molecular formula is C15H17N10S+. The standard InChI is InChI=1S/C15H16N10S/c16-1-2-24-7-9(4-21-24)12-5-19-14(17)15(22-12)25(18)8-10-3-11-13(26-10)6-20-23-11/h3,5-7,21H,2,4,8,18H2,(H2,17,19)(H,20,23)/p+1. The largest absolute Gasteiger partial charge is 0.315 e. The third kappa shape index (κ3) is 3.04. The number of aromatic nitrogens is 4. The van der Waals surface area contributed by atoms with Gasteiger partial charge in [-0.1, -0.05) is 0 Å². The van der Waals surface area contributed by atoms with Crippen LogP contribution in [0, 0.1) is 11.3 Å². The van der Waals surface area contributed by atoms with Crippen molar-refractivity contribution in [3.8, 4) is 6.07 Å². The Kier molecular flexibility index (Phi) is 4.13. The number of rotatable bonds is 5. The Morgan fingerprint density at radius 1 is 1.50 bits per heavy atom. The summed E-state index contributed by atoms with van der Waals surface area (Å²) in [6.07, 6.45) is 5.38.